The van der Waals surface area contributed by atoms with Gasteiger partial charge < -0.3 is 10.5 Å². The van der Waals surface area contributed by atoms with E-state index in [9.17, 15) is 0 Å². The van der Waals surface area contributed by atoms with E-state index in [0.717, 1.165) is 23.1 Å². The van der Waals surface area contributed by atoms with Crippen LogP contribution in [0.15, 0.2) is 22.7 Å². The Bertz CT molecular complexity index is 339. The Morgan fingerprint density at radius 2 is 2.06 bits per heavy atom. The Morgan fingerprint density at radius 1 is 1.38 bits per heavy atom. The van der Waals surface area contributed by atoms with Gasteiger partial charge in [0.15, 0.2) is 0 Å². The Hall–Kier alpha value is -0.540. The molecule has 0 radical (unpaired) electrons. The number of rotatable bonds is 5. The van der Waals surface area contributed by atoms with E-state index >= 15 is 0 Å². The van der Waals surface area contributed by atoms with Gasteiger partial charge >= 0.3 is 0 Å². The van der Waals surface area contributed by atoms with Gasteiger partial charge in [0.2, 0.25) is 0 Å². The fraction of sp³-hybridized carbons (Fsp3) is 0.538. The molecular formula is C13H20BrNO. The third-order valence-electron chi connectivity index (χ3n) is 2.47. The zero-order chi connectivity index (χ0) is 12.1. The Kier molecular flexibility index (Phi) is 5.29. The molecule has 1 aromatic carbocycles. The van der Waals surface area contributed by atoms with Crippen LogP contribution < -0.4 is 10.5 Å². The SMILES string of the molecule is CCC(C)Oc1ccc(Br)c(CC(C)N)c1. The van der Waals surface area contributed by atoms with E-state index in [1.54, 1.807) is 0 Å². The van der Waals surface area contributed by atoms with Gasteiger partial charge in [-0.3, -0.25) is 0 Å². The van der Waals surface area contributed by atoms with Crippen LogP contribution in [0.5, 0.6) is 5.75 Å². The largest absolute Gasteiger partial charge is 0.491 e. The lowest BCUT2D eigenvalue weighted by atomic mass is 10.1. The molecule has 90 valence electrons. The molecule has 2 nitrogen and oxygen atoms in total. The molecule has 3 heteroatoms. The predicted molar refractivity (Wildman–Crippen MR) is 71.9 cm³/mol. The van der Waals surface area contributed by atoms with Gasteiger partial charge in [0.25, 0.3) is 0 Å². The van der Waals surface area contributed by atoms with Crippen molar-refractivity contribution >= 4 is 15.9 Å². The summed E-state index contributed by atoms with van der Waals surface area (Å²) in [7, 11) is 0. The summed E-state index contributed by atoms with van der Waals surface area (Å²) in [5, 5.41) is 0. The van der Waals surface area contributed by atoms with E-state index in [2.05, 4.69) is 35.8 Å². The van der Waals surface area contributed by atoms with Crippen LogP contribution in [0, 0.1) is 0 Å². The zero-order valence-corrected chi connectivity index (χ0v) is 11.8. The number of benzene rings is 1. The van der Waals surface area contributed by atoms with E-state index < -0.39 is 0 Å². The molecule has 0 aromatic heterocycles. The van der Waals surface area contributed by atoms with Crippen molar-refractivity contribution in [2.45, 2.75) is 45.8 Å². The summed E-state index contributed by atoms with van der Waals surface area (Å²) in [4.78, 5) is 0. The first-order valence-corrected chi connectivity index (χ1v) is 6.53. The topological polar surface area (TPSA) is 35.2 Å². The third kappa shape index (κ3) is 4.14. The maximum Gasteiger partial charge on any atom is 0.120 e. The summed E-state index contributed by atoms with van der Waals surface area (Å²) >= 11 is 3.53. The van der Waals surface area contributed by atoms with E-state index in [0.29, 0.717) is 0 Å². The van der Waals surface area contributed by atoms with Crippen molar-refractivity contribution in [3.05, 3.63) is 28.2 Å². The maximum atomic E-state index is 5.81. The molecule has 0 bridgehead atoms. The fourth-order valence-electron chi connectivity index (χ4n) is 1.44. The Balaban J connectivity index is 2.80. The van der Waals surface area contributed by atoms with Crippen LogP contribution in [-0.4, -0.2) is 12.1 Å². The number of halogens is 1. The summed E-state index contributed by atoms with van der Waals surface area (Å²) in [6, 6.07) is 6.24. The van der Waals surface area contributed by atoms with Crippen molar-refractivity contribution in [3.8, 4) is 5.75 Å². The second-order valence-electron chi connectivity index (χ2n) is 4.27. The van der Waals surface area contributed by atoms with Gasteiger partial charge in [-0.15, -0.1) is 0 Å². The average Bonchev–Trinajstić information content (AvgIpc) is 2.22. The molecule has 2 N–H and O–H groups in total. The molecule has 0 saturated carbocycles. The quantitative estimate of drug-likeness (QED) is 0.899. The summed E-state index contributed by atoms with van der Waals surface area (Å²) in [6.07, 6.45) is 2.13. The monoisotopic (exact) mass is 285 g/mol. The minimum atomic E-state index is 0.162. The van der Waals surface area contributed by atoms with Crippen LogP contribution in [-0.2, 0) is 6.42 Å². The smallest absolute Gasteiger partial charge is 0.120 e. The molecule has 0 saturated heterocycles. The Morgan fingerprint density at radius 3 is 2.62 bits per heavy atom. The second kappa shape index (κ2) is 6.26. The molecule has 0 fully saturated rings. The summed E-state index contributed by atoms with van der Waals surface area (Å²) in [5.74, 6) is 0.924. The van der Waals surface area contributed by atoms with Gasteiger partial charge in [-0.2, -0.15) is 0 Å². The third-order valence-corrected chi connectivity index (χ3v) is 3.24. The van der Waals surface area contributed by atoms with Crippen LogP contribution >= 0.6 is 15.9 Å². The van der Waals surface area contributed by atoms with Crippen molar-refractivity contribution in [1.82, 2.24) is 0 Å². The van der Waals surface area contributed by atoms with Crippen LogP contribution in [0.2, 0.25) is 0 Å². The van der Waals surface area contributed by atoms with E-state index in [4.69, 9.17) is 10.5 Å². The minimum absolute atomic E-state index is 0.162. The molecule has 0 aliphatic carbocycles. The minimum Gasteiger partial charge on any atom is -0.491 e. The van der Waals surface area contributed by atoms with E-state index in [1.807, 2.05) is 19.1 Å². The zero-order valence-electron chi connectivity index (χ0n) is 10.2. The molecule has 0 aliphatic heterocycles. The molecular weight excluding hydrogens is 266 g/mol. The van der Waals surface area contributed by atoms with Crippen molar-refractivity contribution in [2.75, 3.05) is 0 Å². The van der Waals surface area contributed by atoms with Crippen LogP contribution in [0.3, 0.4) is 0 Å². The number of nitrogens with two attached hydrogens (primary N) is 1. The van der Waals surface area contributed by atoms with Crippen LogP contribution in [0.25, 0.3) is 0 Å². The second-order valence-corrected chi connectivity index (χ2v) is 5.13. The molecule has 2 atom stereocenters. The first kappa shape index (κ1) is 13.5. The molecule has 0 spiro atoms. The maximum absolute atomic E-state index is 5.81. The van der Waals surface area contributed by atoms with Gasteiger partial charge in [-0.05, 0) is 50.5 Å². The average molecular weight is 286 g/mol. The first-order valence-electron chi connectivity index (χ1n) is 5.73. The molecule has 0 amide bonds. The van der Waals surface area contributed by atoms with Crippen molar-refractivity contribution < 1.29 is 4.74 Å². The highest BCUT2D eigenvalue weighted by Crippen LogP contribution is 2.24. The summed E-state index contributed by atoms with van der Waals surface area (Å²) in [5.41, 5.74) is 7.01. The first-order chi connectivity index (χ1) is 7.52. The van der Waals surface area contributed by atoms with E-state index in [-0.39, 0.29) is 12.1 Å². The highest BCUT2D eigenvalue weighted by Gasteiger charge is 2.07. The van der Waals surface area contributed by atoms with E-state index in [1.165, 1.54) is 5.56 Å². The molecule has 2 unspecified atom stereocenters. The standard InChI is InChI=1S/C13H20BrNO/c1-4-10(3)16-12-5-6-13(14)11(8-12)7-9(2)15/h5-6,8-10H,4,7,15H2,1-3H3. The lowest BCUT2D eigenvalue weighted by molar-refractivity contribution is 0.217. The normalized spacial score (nSPS) is 14.6. The molecule has 0 heterocycles. The highest BCUT2D eigenvalue weighted by molar-refractivity contribution is 9.10. The molecule has 0 aliphatic rings. The number of hydrogen-bond acceptors (Lipinski definition) is 2. The highest BCUT2D eigenvalue weighted by atomic mass is 79.9. The lowest BCUT2D eigenvalue weighted by Gasteiger charge is -2.15. The number of ether oxygens (including phenoxy) is 1. The molecule has 1 rings (SSSR count). The van der Waals surface area contributed by atoms with Gasteiger partial charge in [0.05, 0.1) is 6.10 Å². The Labute approximate surface area is 106 Å². The summed E-state index contributed by atoms with van der Waals surface area (Å²) in [6.45, 7) is 6.20. The van der Waals surface area contributed by atoms with Crippen LogP contribution in [0.4, 0.5) is 0 Å². The van der Waals surface area contributed by atoms with Gasteiger partial charge in [-0.1, -0.05) is 22.9 Å². The molecule has 16 heavy (non-hydrogen) atoms. The number of hydrogen-bond donors (Lipinski definition) is 1. The molecule has 1 aromatic rings. The fourth-order valence-corrected chi connectivity index (χ4v) is 1.85. The van der Waals surface area contributed by atoms with Crippen molar-refractivity contribution in [3.63, 3.8) is 0 Å². The van der Waals surface area contributed by atoms with Gasteiger partial charge in [-0.25, -0.2) is 0 Å². The lowest BCUT2D eigenvalue weighted by Crippen LogP contribution is -2.18. The van der Waals surface area contributed by atoms with Crippen molar-refractivity contribution in [2.24, 2.45) is 5.73 Å². The van der Waals surface area contributed by atoms with Gasteiger partial charge in [0, 0.05) is 10.5 Å². The van der Waals surface area contributed by atoms with Crippen LogP contribution in [0.1, 0.15) is 32.8 Å². The summed E-state index contributed by atoms with van der Waals surface area (Å²) < 4.78 is 6.88. The van der Waals surface area contributed by atoms with Crippen molar-refractivity contribution in [1.29, 1.82) is 0 Å². The van der Waals surface area contributed by atoms with Gasteiger partial charge in [0.1, 0.15) is 5.75 Å². The predicted octanol–water partition coefficient (Wildman–Crippen LogP) is 3.52.